The summed E-state index contributed by atoms with van der Waals surface area (Å²) in [6, 6.07) is 0.902. The van der Waals surface area contributed by atoms with Gasteiger partial charge in [0.1, 0.15) is 6.04 Å². The van der Waals surface area contributed by atoms with E-state index in [1.165, 1.54) is 95.0 Å². The average molecular weight is 298 g/mol. The first-order valence-corrected chi connectivity index (χ1v) is 9.72. The van der Waals surface area contributed by atoms with Crippen LogP contribution in [0.15, 0.2) is 0 Å². The van der Waals surface area contributed by atoms with Crippen LogP contribution in [0.4, 0.5) is 0 Å². The number of piperazine rings is 1. The van der Waals surface area contributed by atoms with Gasteiger partial charge in [0.25, 0.3) is 0 Å². The van der Waals surface area contributed by atoms with Gasteiger partial charge in [-0.15, -0.1) is 0 Å². The first-order chi connectivity index (χ1) is 10.2. The number of likely N-dealkylation sites (N-methyl/N-ethyl adjacent to an activating group) is 1. The van der Waals surface area contributed by atoms with E-state index in [0.717, 1.165) is 6.04 Å². The number of rotatable bonds is 11. The molecule has 0 spiro atoms. The van der Waals surface area contributed by atoms with Crippen molar-refractivity contribution >= 4 is 0 Å². The molecule has 0 aromatic carbocycles. The maximum Gasteiger partial charge on any atom is 0.102 e. The van der Waals surface area contributed by atoms with Crippen LogP contribution in [-0.4, -0.2) is 55.2 Å². The van der Waals surface area contributed by atoms with Crippen molar-refractivity contribution in [2.24, 2.45) is 0 Å². The third-order valence-electron chi connectivity index (χ3n) is 5.53. The van der Waals surface area contributed by atoms with Crippen molar-refractivity contribution in [2.75, 3.05) is 39.8 Å². The molecule has 1 heterocycles. The zero-order chi connectivity index (χ0) is 15.6. The Morgan fingerprint density at radius 2 is 1.48 bits per heavy atom. The molecule has 21 heavy (non-hydrogen) atoms. The second-order valence-electron chi connectivity index (χ2n) is 7.36. The summed E-state index contributed by atoms with van der Waals surface area (Å²) in [5, 5.41) is 0. The third kappa shape index (κ3) is 6.28. The Bertz CT molecular complexity index is 238. The molecule has 1 fully saturated rings. The first kappa shape index (κ1) is 19.0. The lowest BCUT2D eigenvalue weighted by molar-refractivity contribution is -0.956. The summed E-state index contributed by atoms with van der Waals surface area (Å²) in [7, 11) is 2.33. The standard InChI is InChI=1S/C19H41N2/c1-5-8-11-12-13-19-18-20(4)14-17-21(19,15-9-6-2)16-10-7-3/h19H,5-18H2,1-4H3/q+1. The van der Waals surface area contributed by atoms with Crippen LogP contribution in [0, 0.1) is 0 Å². The summed E-state index contributed by atoms with van der Waals surface area (Å²) >= 11 is 0. The van der Waals surface area contributed by atoms with E-state index in [-0.39, 0.29) is 0 Å². The van der Waals surface area contributed by atoms with Crippen LogP contribution in [-0.2, 0) is 0 Å². The molecule has 0 aliphatic carbocycles. The first-order valence-electron chi connectivity index (χ1n) is 9.72. The van der Waals surface area contributed by atoms with E-state index < -0.39 is 0 Å². The zero-order valence-corrected chi connectivity index (χ0v) is 15.4. The van der Waals surface area contributed by atoms with Crippen molar-refractivity contribution in [1.29, 1.82) is 0 Å². The molecule has 2 heteroatoms. The number of hydrogen-bond donors (Lipinski definition) is 0. The van der Waals surface area contributed by atoms with Crippen LogP contribution in [0.1, 0.15) is 78.6 Å². The van der Waals surface area contributed by atoms with Crippen molar-refractivity contribution in [2.45, 2.75) is 84.6 Å². The second kappa shape index (κ2) is 10.6. The fourth-order valence-electron chi connectivity index (χ4n) is 4.00. The Morgan fingerprint density at radius 1 is 0.857 bits per heavy atom. The monoisotopic (exact) mass is 297 g/mol. The smallest absolute Gasteiger partial charge is 0.102 e. The molecule has 1 aliphatic heterocycles. The summed E-state index contributed by atoms with van der Waals surface area (Å²) in [5.41, 5.74) is 0. The van der Waals surface area contributed by atoms with E-state index >= 15 is 0 Å². The van der Waals surface area contributed by atoms with Gasteiger partial charge in [-0.2, -0.15) is 0 Å². The predicted molar refractivity (Wildman–Crippen MR) is 94.7 cm³/mol. The van der Waals surface area contributed by atoms with Gasteiger partial charge in [0.05, 0.1) is 26.2 Å². The highest BCUT2D eigenvalue weighted by Crippen LogP contribution is 2.26. The minimum atomic E-state index is 0.902. The molecule has 1 rings (SSSR count). The van der Waals surface area contributed by atoms with E-state index in [9.17, 15) is 0 Å². The maximum absolute atomic E-state index is 2.58. The van der Waals surface area contributed by atoms with Gasteiger partial charge in [0.15, 0.2) is 0 Å². The molecule has 1 saturated heterocycles. The quantitative estimate of drug-likeness (QED) is 0.395. The fraction of sp³-hybridized carbons (Fsp3) is 1.00. The van der Waals surface area contributed by atoms with E-state index in [1.54, 1.807) is 0 Å². The molecule has 0 radical (unpaired) electrons. The highest BCUT2D eigenvalue weighted by Gasteiger charge is 2.39. The number of unbranched alkanes of at least 4 members (excludes halogenated alkanes) is 5. The molecule has 1 atom stereocenters. The van der Waals surface area contributed by atoms with Crippen molar-refractivity contribution in [3.05, 3.63) is 0 Å². The summed E-state index contributed by atoms with van der Waals surface area (Å²) in [4.78, 5) is 2.58. The van der Waals surface area contributed by atoms with E-state index in [4.69, 9.17) is 0 Å². The largest absolute Gasteiger partial charge is 0.319 e. The Kier molecular flexibility index (Phi) is 9.59. The summed E-state index contributed by atoms with van der Waals surface area (Å²) in [6.45, 7) is 13.9. The Morgan fingerprint density at radius 3 is 2.05 bits per heavy atom. The molecular formula is C19H41N2+. The second-order valence-corrected chi connectivity index (χ2v) is 7.36. The predicted octanol–water partition coefficient (Wildman–Crippen LogP) is 4.69. The molecule has 1 aliphatic rings. The molecule has 0 aromatic rings. The van der Waals surface area contributed by atoms with Crippen molar-refractivity contribution in [3.63, 3.8) is 0 Å². The summed E-state index contributed by atoms with van der Waals surface area (Å²) in [6.07, 6.45) is 12.7. The molecule has 126 valence electrons. The van der Waals surface area contributed by atoms with Crippen LogP contribution in [0.25, 0.3) is 0 Å². The molecule has 0 bridgehead atoms. The number of quaternary nitrogens is 1. The lowest BCUT2D eigenvalue weighted by atomic mass is 9.98. The minimum absolute atomic E-state index is 0.902. The number of nitrogens with zero attached hydrogens (tertiary/aromatic N) is 2. The highest BCUT2D eigenvalue weighted by atomic mass is 15.4. The van der Waals surface area contributed by atoms with Gasteiger partial charge in [-0.3, -0.25) is 4.90 Å². The van der Waals surface area contributed by atoms with Gasteiger partial charge in [-0.25, -0.2) is 0 Å². The average Bonchev–Trinajstić information content (AvgIpc) is 2.50. The normalized spacial score (nSPS) is 22.6. The van der Waals surface area contributed by atoms with Gasteiger partial charge < -0.3 is 4.48 Å². The van der Waals surface area contributed by atoms with E-state index in [2.05, 4.69) is 32.7 Å². The lowest BCUT2D eigenvalue weighted by Crippen LogP contribution is -2.65. The van der Waals surface area contributed by atoms with Gasteiger partial charge in [0.2, 0.25) is 0 Å². The van der Waals surface area contributed by atoms with Crippen molar-refractivity contribution in [3.8, 4) is 0 Å². The molecule has 2 nitrogen and oxygen atoms in total. The third-order valence-corrected chi connectivity index (χ3v) is 5.53. The molecule has 0 amide bonds. The van der Waals surface area contributed by atoms with Crippen LogP contribution in [0.3, 0.4) is 0 Å². The van der Waals surface area contributed by atoms with Gasteiger partial charge in [0, 0.05) is 13.0 Å². The van der Waals surface area contributed by atoms with E-state index in [0.29, 0.717) is 0 Å². The van der Waals surface area contributed by atoms with Gasteiger partial charge >= 0.3 is 0 Å². The van der Waals surface area contributed by atoms with Crippen LogP contribution in [0.2, 0.25) is 0 Å². The van der Waals surface area contributed by atoms with Crippen molar-refractivity contribution < 1.29 is 4.48 Å². The van der Waals surface area contributed by atoms with Gasteiger partial charge in [-0.1, -0.05) is 52.9 Å². The van der Waals surface area contributed by atoms with Gasteiger partial charge in [-0.05, 0) is 26.3 Å². The summed E-state index contributed by atoms with van der Waals surface area (Å²) < 4.78 is 1.44. The molecule has 0 aromatic heterocycles. The SMILES string of the molecule is CCCCCCC1CN(C)CC[N+]1(CCCC)CCCC. The molecular weight excluding hydrogens is 256 g/mol. The fourth-order valence-corrected chi connectivity index (χ4v) is 4.00. The van der Waals surface area contributed by atoms with Crippen molar-refractivity contribution in [1.82, 2.24) is 4.90 Å². The lowest BCUT2D eigenvalue weighted by Gasteiger charge is -2.50. The molecule has 0 N–H and O–H groups in total. The van der Waals surface area contributed by atoms with Crippen LogP contribution < -0.4 is 0 Å². The van der Waals surface area contributed by atoms with Crippen LogP contribution >= 0.6 is 0 Å². The molecule has 1 unspecified atom stereocenters. The highest BCUT2D eigenvalue weighted by molar-refractivity contribution is 4.72. The minimum Gasteiger partial charge on any atom is -0.319 e. The maximum atomic E-state index is 2.58. The van der Waals surface area contributed by atoms with Crippen LogP contribution in [0.5, 0.6) is 0 Å². The zero-order valence-electron chi connectivity index (χ0n) is 15.4. The number of hydrogen-bond acceptors (Lipinski definition) is 1. The Labute approximate surface area is 134 Å². The van der Waals surface area contributed by atoms with E-state index in [1.807, 2.05) is 0 Å². The Hall–Kier alpha value is -0.0800. The Balaban J connectivity index is 2.66. The molecule has 0 saturated carbocycles. The summed E-state index contributed by atoms with van der Waals surface area (Å²) in [5.74, 6) is 0. The topological polar surface area (TPSA) is 3.24 Å².